The fraction of sp³-hybridized carbons (Fsp3) is 0.500. The Bertz CT molecular complexity index is 455. The third kappa shape index (κ3) is 1.85. The number of hydrogen-bond acceptors (Lipinski definition) is 2. The van der Waals surface area contributed by atoms with Crippen LogP contribution in [0.3, 0.4) is 0 Å². The maximum Gasteiger partial charge on any atom is 0.137 e. The van der Waals surface area contributed by atoms with Crippen molar-refractivity contribution in [1.29, 1.82) is 0 Å². The van der Waals surface area contributed by atoms with Gasteiger partial charge in [0.25, 0.3) is 0 Å². The fourth-order valence-electron chi connectivity index (χ4n) is 3.18. The Kier molecular flexibility index (Phi) is 2.62. The quantitative estimate of drug-likeness (QED) is 0.761. The van der Waals surface area contributed by atoms with E-state index in [4.69, 9.17) is 11.6 Å². The van der Waals surface area contributed by atoms with Crippen molar-refractivity contribution in [2.45, 2.75) is 44.7 Å². The van der Waals surface area contributed by atoms with Crippen LogP contribution in [-0.2, 0) is 4.79 Å². The van der Waals surface area contributed by atoms with Crippen LogP contribution in [0, 0.1) is 6.92 Å². The van der Waals surface area contributed by atoms with E-state index in [1.54, 1.807) is 0 Å². The van der Waals surface area contributed by atoms with Gasteiger partial charge >= 0.3 is 0 Å². The Labute approximate surface area is 107 Å². The van der Waals surface area contributed by atoms with E-state index >= 15 is 0 Å². The van der Waals surface area contributed by atoms with Crippen LogP contribution in [-0.4, -0.2) is 17.9 Å². The number of aryl methyl sites for hydroxylation is 1. The molecular formula is C14H16ClNO. The van der Waals surface area contributed by atoms with E-state index in [1.807, 2.05) is 12.1 Å². The van der Waals surface area contributed by atoms with Crippen LogP contribution in [0.2, 0.25) is 5.02 Å². The zero-order valence-corrected chi connectivity index (χ0v) is 10.7. The summed E-state index contributed by atoms with van der Waals surface area (Å²) in [5.41, 5.74) is 2.34. The number of halogens is 1. The number of rotatable bonds is 1. The van der Waals surface area contributed by atoms with Crippen LogP contribution in [0.4, 0.5) is 5.69 Å². The van der Waals surface area contributed by atoms with Gasteiger partial charge in [-0.3, -0.25) is 4.79 Å². The SMILES string of the molecule is Cc1ccc(Cl)c(N2C3CCC2CC(=O)C3)c1. The molecule has 1 aromatic carbocycles. The van der Waals surface area contributed by atoms with Gasteiger partial charge in [0, 0.05) is 24.9 Å². The van der Waals surface area contributed by atoms with Gasteiger partial charge in [0.1, 0.15) is 5.78 Å². The van der Waals surface area contributed by atoms with Crippen molar-refractivity contribution >= 4 is 23.1 Å². The predicted molar refractivity (Wildman–Crippen MR) is 69.7 cm³/mol. The van der Waals surface area contributed by atoms with Gasteiger partial charge in [-0.15, -0.1) is 0 Å². The van der Waals surface area contributed by atoms with Crippen molar-refractivity contribution in [3.05, 3.63) is 28.8 Å². The van der Waals surface area contributed by atoms with Crippen LogP contribution in [0.15, 0.2) is 18.2 Å². The van der Waals surface area contributed by atoms with Gasteiger partial charge in [0.05, 0.1) is 10.7 Å². The summed E-state index contributed by atoms with van der Waals surface area (Å²) in [5.74, 6) is 0.414. The van der Waals surface area contributed by atoms with E-state index in [0.29, 0.717) is 30.7 Å². The van der Waals surface area contributed by atoms with E-state index < -0.39 is 0 Å². The minimum Gasteiger partial charge on any atom is -0.363 e. The van der Waals surface area contributed by atoms with Gasteiger partial charge in [-0.1, -0.05) is 17.7 Å². The van der Waals surface area contributed by atoms with E-state index in [9.17, 15) is 4.79 Å². The molecule has 2 aliphatic rings. The average molecular weight is 250 g/mol. The molecule has 2 nitrogen and oxygen atoms in total. The summed E-state index contributed by atoms with van der Waals surface area (Å²) >= 11 is 6.30. The first kappa shape index (κ1) is 11.1. The zero-order chi connectivity index (χ0) is 12.0. The Morgan fingerprint density at radius 1 is 1.24 bits per heavy atom. The molecule has 0 aromatic heterocycles. The molecule has 0 saturated carbocycles. The van der Waals surface area contributed by atoms with Gasteiger partial charge in [-0.25, -0.2) is 0 Å². The zero-order valence-electron chi connectivity index (χ0n) is 9.95. The molecule has 0 aliphatic carbocycles. The Balaban J connectivity index is 1.99. The summed E-state index contributed by atoms with van der Waals surface area (Å²) < 4.78 is 0. The topological polar surface area (TPSA) is 20.3 Å². The molecule has 90 valence electrons. The van der Waals surface area contributed by atoms with Crippen molar-refractivity contribution in [2.75, 3.05) is 4.90 Å². The molecule has 0 spiro atoms. The van der Waals surface area contributed by atoms with E-state index in [2.05, 4.69) is 17.9 Å². The molecule has 17 heavy (non-hydrogen) atoms. The highest BCUT2D eigenvalue weighted by Crippen LogP contribution is 2.41. The molecule has 2 fully saturated rings. The van der Waals surface area contributed by atoms with Gasteiger partial charge in [0.2, 0.25) is 0 Å². The predicted octanol–water partition coefficient (Wildman–Crippen LogP) is 3.35. The molecule has 2 atom stereocenters. The summed E-state index contributed by atoms with van der Waals surface area (Å²) in [7, 11) is 0. The Morgan fingerprint density at radius 2 is 1.88 bits per heavy atom. The third-order valence-corrected chi connectivity index (χ3v) is 4.25. The lowest BCUT2D eigenvalue weighted by atomic mass is 10.00. The van der Waals surface area contributed by atoms with Gasteiger partial charge in [0.15, 0.2) is 0 Å². The molecule has 1 aromatic rings. The van der Waals surface area contributed by atoms with Crippen molar-refractivity contribution in [1.82, 2.24) is 0 Å². The maximum atomic E-state index is 11.6. The second kappa shape index (κ2) is 4.02. The third-order valence-electron chi connectivity index (χ3n) is 3.93. The molecule has 3 heteroatoms. The summed E-state index contributed by atoms with van der Waals surface area (Å²) in [6.07, 6.45) is 3.64. The first-order valence-electron chi connectivity index (χ1n) is 6.21. The van der Waals surface area contributed by atoms with Crippen LogP contribution in [0.25, 0.3) is 0 Å². The largest absolute Gasteiger partial charge is 0.363 e. The van der Waals surface area contributed by atoms with E-state index in [-0.39, 0.29) is 0 Å². The number of benzene rings is 1. The highest BCUT2D eigenvalue weighted by Gasteiger charge is 2.40. The number of anilines is 1. The van der Waals surface area contributed by atoms with Gasteiger partial charge in [-0.05, 0) is 37.5 Å². The number of hydrogen-bond donors (Lipinski definition) is 0. The molecule has 2 unspecified atom stereocenters. The number of carbonyl (C=O) groups is 1. The van der Waals surface area contributed by atoms with Crippen molar-refractivity contribution < 1.29 is 4.79 Å². The molecule has 3 rings (SSSR count). The Hall–Kier alpha value is -1.02. The molecule has 2 bridgehead atoms. The van der Waals surface area contributed by atoms with Crippen molar-refractivity contribution in [3.63, 3.8) is 0 Å². The summed E-state index contributed by atoms with van der Waals surface area (Å²) in [6.45, 7) is 2.08. The minimum atomic E-state index is 0.376. The highest BCUT2D eigenvalue weighted by molar-refractivity contribution is 6.33. The molecule has 0 amide bonds. The molecule has 2 saturated heterocycles. The van der Waals surface area contributed by atoms with E-state index in [1.165, 1.54) is 5.56 Å². The molecule has 2 aliphatic heterocycles. The minimum absolute atomic E-state index is 0.376. The number of Topliss-reactive ketones (excluding diaryl/α,β-unsaturated/α-hetero) is 1. The highest BCUT2D eigenvalue weighted by atomic mass is 35.5. The van der Waals surface area contributed by atoms with Crippen molar-refractivity contribution in [3.8, 4) is 0 Å². The monoisotopic (exact) mass is 249 g/mol. The number of piperidine rings is 1. The molecule has 0 N–H and O–H groups in total. The Morgan fingerprint density at radius 3 is 2.53 bits per heavy atom. The summed E-state index contributed by atoms with van der Waals surface area (Å²) in [6, 6.07) is 6.88. The first-order chi connectivity index (χ1) is 8.15. The van der Waals surface area contributed by atoms with Crippen LogP contribution in [0.1, 0.15) is 31.2 Å². The smallest absolute Gasteiger partial charge is 0.137 e. The number of ketones is 1. The summed E-state index contributed by atoms with van der Waals surface area (Å²) in [5, 5.41) is 0.807. The lowest BCUT2D eigenvalue weighted by molar-refractivity contribution is -0.120. The standard InChI is InChI=1S/C14H16ClNO/c1-9-2-5-13(15)14(6-9)16-10-3-4-11(16)8-12(17)7-10/h2,5-6,10-11H,3-4,7-8H2,1H3. The second-order valence-electron chi connectivity index (χ2n) is 5.19. The number of carbonyl (C=O) groups excluding carboxylic acids is 1. The summed E-state index contributed by atoms with van der Waals surface area (Å²) in [4.78, 5) is 14.0. The van der Waals surface area contributed by atoms with Crippen LogP contribution < -0.4 is 4.90 Å². The fourth-order valence-corrected chi connectivity index (χ4v) is 3.40. The van der Waals surface area contributed by atoms with Gasteiger partial charge in [-0.2, -0.15) is 0 Å². The number of fused-ring (bicyclic) bond motifs is 2. The van der Waals surface area contributed by atoms with Gasteiger partial charge < -0.3 is 4.90 Å². The van der Waals surface area contributed by atoms with Crippen LogP contribution in [0.5, 0.6) is 0 Å². The molecule has 0 radical (unpaired) electrons. The second-order valence-corrected chi connectivity index (χ2v) is 5.60. The maximum absolute atomic E-state index is 11.6. The lowest BCUT2D eigenvalue weighted by Crippen LogP contribution is -2.43. The molecular weight excluding hydrogens is 234 g/mol. The van der Waals surface area contributed by atoms with Crippen molar-refractivity contribution in [2.24, 2.45) is 0 Å². The lowest BCUT2D eigenvalue weighted by Gasteiger charge is -2.36. The average Bonchev–Trinajstić information content (AvgIpc) is 2.54. The first-order valence-corrected chi connectivity index (χ1v) is 6.59. The normalized spacial score (nSPS) is 27.6. The van der Waals surface area contributed by atoms with E-state index in [0.717, 1.165) is 23.6 Å². The molecule has 2 heterocycles. The number of nitrogens with zero attached hydrogens (tertiary/aromatic N) is 1. The van der Waals surface area contributed by atoms with Crippen LogP contribution >= 0.6 is 11.6 Å².